The molecule has 3 aliphatic heterocycles. The lowest BCUT2D eigenvalue weighted by molar-refractivity contribution is -0.118. The molecule has 40 heavy (non-hydrogen) atoms. The molecule has 2 fully saturated rings. The third kappa shape index (κ3) is 5.93. The Balaban J connectivity index is 0.940. The number of anilines is 1. The molecule has 1 aromatic heterocycles. The Hall–Kier alpha value is -2.84. The van der Waals surface area contributed by atoms with E-state index in [4.69, 9.17) is 16.3 Å². The van der Waals surface area contributed by atoms with Crippen LogP contribution in [0.5, 0.6) is 5.75 Å². The summed E-state index contributed by atoms with van der Waals surface area (Å²) in [4.78, 5) is 30.7. The van der Waals surface area contributed by atoms with E-state index >= 15 is 0 Å². The number of carbonyl (C=O) groups excluding carboxylic acids is 1. The van der Waals surface area contributed by atoms with E-state index in [1.807, 2.05) is 12.1 Å². The van der Waals surface area contributed by atoms with Crippen LogP contribution in [-0.2, 0) is 17.6 Å². The summed E-state index contributed by atoms with van der Waals surface area (Å²) in [6.45, 7) is 5.27. The van der Waals surface area contributed by atoms with Crippen LogP contribution in [-0.4, -0.2) is 65.6 Å². The summed E-state index contributed by atoms with van der Waals surface area (Å²) in [7, 11) is 0. The van der Waals surface area contributed by atoms with E-state index < -0.39 is 11.6 Å². The van der Waals surface area contributed by atoms with Gasteiger partial charge in [-0.2, -0.15) is 0 Å². The largest absolute Gasteiger partial charge is 0.493 e. The minimum atomic E-state index is -0.512. The molecule has 9 heteroatoms. The van der Waals surface area contributed by atoms with Gasteiger partial charge in [0.05, 0.1) is 24.4 Å². The first-order valence-corrected chi connectivity index (χ1v) is 15.0. The van der Waals surface area contributed by atoms with E-state index in [2.05, 4.69) is 26.8 Å². The van der Waals surface area contributed by atoms with Gasteiger partial charge in [0.2, 0.25) is 11.7 Å². The lowest BCUT2D eigenvalue weighted by Gasteiger charge is -2.41. The number of aromatic nitrogens is 1. The van der Waals surface area contributed by atoms with Gasteiger partial charge in [0.25, 0.3) is 0 Å². The molecule has 1 amide bonds. The zero-order valence-corrected chi connectivity index (χ0v) is 23.8. The number of ether oxygens (including phenoxy) is 1. The fraction of sp³-hybridized carbons (Fsp3) is 0.548. The number of piperidine rings is 1. The van der Waals surface area contributed by atoms with Gasteiger partial charge in [-0.05, 0) is 87.0 Å². The summed E-state index contributed by atoms with van der Waals surface area (Å²) in [5, 5.41) is -0.208. The smallest absolute Gasteiger partial charge is 0.231 e. The minimum Gasteiger partial charge on any atom is -0.493 e. The van der Waals surface area contributed by atoms with Crippen molar-refractivity contribution in [1.29, 1.82) is 0 Å². The van der Waals surface area contributed by atoms with Crippen molar-refractivity contribution in [2.24, 2.45) is 27.7 Å². The zero-order valence-electron chi connectivity index (χ0n) is 23.0. The molecule has 2 atom stereocenters. The van der Waals surface area contributed by atoms with Crippen molar-refractivity contribution in [3.8, 4) is 5.75 Å². The number of nitrogens with zero attached hydrogens (tertiary/aromatic N) is 5. The molecular weight excluding hydrogens is 529 g/mol. The van der Waals surface area contributed by atoms with Gasteiger partial charge >= 0.3 is 0 Å². The topological polar surface area (TPSA) is 70.4 Å². The molecule has 1 saturated heterocycles. The lowest BCUT2D eigenvalue weighted by Crippen LogP contribution is -2.49. The first-order chi connectivity index (χ1) is 19.4. The Kier molecular flexibility index (Phi) is 7.91. The van der Waals surface area contributed by atoms with Crippen molar-refractivity contribution in [3.05, 3.63) is 53.6 Å². The van der Waals surface area contributed by atoms with E-state index in [9.17, 15) is 9.18 Å². The molecule has 1 saturated carbocycles. The molecule has 0 radical (unpaired) electrons. The molecule has 2 aromatic rings. The SMILES string of the molecule is CC1(N2CCC(C3CC3CCOc3ccc(CC(=O)N4CCCc5ncccc54)c(F)c3)CC2)N=CC(Cl)C=N1. The van der Waals surface area contributed by atoms with E-state index in [0.29, 0.717) is 30.4 Å². The van der Waals surface area contributed by atoms with Crippen LogP contribution in [0, 0.1) is 23.6 Å². The maximum absolute atomic E-state index is 14.9. The highest BCUT2D eigenvalue weighted by molar-refractivity contribution is 6.36. The van der Waals surface area contributed by atoms with Crippen LogP contribution in [0.2, 0.25) is 0 Å². The van der Waals surface area contributed by atoms with Crippen LogP contribution in [0.1, 0.15) is 50.3 Å². The van der Waals surface area contributed by atoms with Crippen LogP contribution >= 0.6 is 11.6 Å². The number of carbonyl (C=O) groups is 1. The maximum Gasteiger partial charge on any atom is 0.231 e. The van der Waals surface area contributed by atoms with Crippen molar-refractivity contribution in [1.82, 2.24) is 9.88 Å². The number of alkyl halides is 1. The molecule has 7 nitrogen and oxygen atoms in total. The second kappa shape index (κ2) is 11.6. The number of likely N-dealkylation sites (tertiary alicyclic amines) is 1. The van der Waals surface area contributed by atoms with Crippen molar-refractivity contribution in [3.63, 3.8) is 0 Å². The second-order valence-corrected chi connectivity index (χ2v) is 12.1. The Morgan fingerprint density at radius 1 is 1.18 bits per heavy atom. The predicted octanol–water partition coefficient (Wildman–Crippen LogP) is 5.30. The van der Waals surface area contributed by atoms with Crippen molar-refractivity contribution >= 4 is 35.6 Å². The van der Waals surface area contributed by atoms with E-state index in [-0.39, 0.29) is 17.7 Å². The molecule has 0 spiro atoms. The molecular formula is C31H37ClFN5O2. The molecule has 1 aliphatic carbocycles. The number of hydrogen-bond acceptors (Lipinski definition) is 6. The highest BCUT2D eigenvalue weighted by Gasteiger charge is 2.45. The second-order valence-electron chi connectivity index (χ2n) is 11.6. The first-order valence-electron chi connectivity index (χ1n) is 14.5. The fourth-order valence-electron chi connectivity index (χ4n) is 6.59. The standard InChI is InChI=1S/C31H37ClFN5O2/c1-31(35-19-24(32)20-36-31)37-13-8-21(9-14-37)26-16-22(26)10-15-40-25-7-6-23(27(33)18-25)17-30(39)38-12-3-4-28-29(38)5-2-11-34-28/h2,5-7,11,18-22,24,26H,3-4,8-10,12-17H2,1H3. The van der Waals surface area contributed by atoms with Gasteiger partial charge in [0.15, 0.2) is 0 Å². The van der Waals surface area contributed by atoms with Gasteiger partial charge in [-0.25, -0.2) is 4.39 Å². The molecule has 4 aliphatic rings. The predicted molar refractivity (Wildman–Crippen MR) is 156 cm³/mol. The number of fused-ring (bicyclic) bond motifs is 1. The quantitative estimate of drug-likeness (QED) is 0.408. The van der Waals surface area contributed by atoms with Crippen molar-refractivity contribution in [2.75, 3.05) is 31.1 Å². The van der Waals surface area contributed by atoms with Crippen LogP contribution in [0.15, 0.2) is 46.5 Å². The summed E-state index contributed by atoms with van der Waals surface area (Å²) in [5.74, 6) is 1.67. The number of aliphatic imine (C=N–C) groups is 2. The van der Waals surface area contributed by atoms with Crippen LogP contribution in [0.25, 0.3) is 0 Å². The zero-order chi connectivity index (χ0) is 27.7. The van der Waals surface area contributed by atoms with E-state index in [1.54, 1.807) is 35.7 Å². The number of hydrogen-bond donors (Lipinski definition) is 0. The molecule has 2 unspecified atom stereocenters. The molecule has 212 valence electrons. The monoisotopic (exact) mass is 565 g/mol. The van der Waals surface area contributed by atoms with Crippen molar-refractivity contribution in [2.45, 2.75) is 63.0 Å². The number of pyridine rings is 1. The highest BCUT2D eigenvalue weighted by Crippen LogP contribution is 2.50. The van der Waals surface area contributed by atoms with Gasteiger partial charge in [0.1, 0.15) is 16.9 Å². The van der Waals surface area contributed by atoms with E-state index in [1.165, 1.54) is 12.5 Å². The number of aryl methyl sites for hydroxylation is 1. The first kappa shape index (κ1) is 27.3. The number of rotatable bonds is 8. The van der Waals surface area contributed by atoms with Gasteiger partial charge < -0.3 is 9.64 Å². The Bertz CT molecular complexity index is 1280. The fourth-order valence-corrected chi connectivity index (χ4v) is 6.70. The summed E-state index contributed by atoms with van der Waals surface area (Å²) in [6, 6.07) is 8.62. The molecule has 0 bridgehead atoms. The minimum absolute atomic E-state index is 0.0219. The summed E-state index contributed by atoms with van der Waals surface area (Å²) < 4.78 is 20.8. The molecule has 0 N–H and O–H groups in total. The number of halogens is 2. The Morgan fingerprint density at radius 2 is 1.98 bits per heavy atom. The summed E-state index contributed by atoms with van der Waals surface area (Å²) in [6.07, 6.45) is 11.6. The van der Waals surface area contributed by atoms with Crippen LogP contribution in [0.4, 0.5) is 10.1 Å². The third-order valence-electron chi connectivity index (χ3n) is 9.02. The lowest BCUT2D eigenvalue weighted by atomic mass is 9.90. The molecule has 1 aromatic carbocycles. The van der Waals surface area contributed by atoms with Gasteiger partial charge in [-0.3, -0.25) is 24.7 Å². The van der Waals surface area contributed by atoms with E-state index in [0.717, 1.165) is 68.4 Å². The molecule has 6 rings (SSSR count). The maximum atomic E-state index is 14.9. The van der Waals surface area contributed by atoms with Gasteiger partial charge in [-0.1, -0.05) is 6.07 Å². The van der Waals surface area contributed by atoms with Crippen LogP contribution in [0.3, 0.4) is 0 Å². The Morgan fingerprint density at radius 3 is 2.75 bits per heavy atom. The normalized spacial score (nSPS) is 28.4. The van der Waals surface area contributed by atoms with Gasteiger partial charge in [-0.15, -0.1) is 11.6 Å². The van der Waals surface area contributed by atoms with Gasteiger partial charge in [0, 0.05) is 44.3 Å². The molecule has 4 heterocycles. The van der Waals surface area contributed by atoms with Crippen molar-refractivity contribution < 1.29 is 13.9 Å². The Labute approximate surface area is 240 Å². The third-order valence-corrected chi connectivity index (χ3v) is 9.25. The highest BCUT2D eigenvalue weighted by atomic mass is 35.5. The number of benzene rings is 1. The summed E-state index contributed by atoms with van der Waals surface area (Å²) >= 11 is 6.06. The average molecular weight is 566 g/mol. The average Bonchev–Trinajstić information content (AvgIpc) is 3.75. The number of amides is 1. The van der Waals surface area contributed by atoms with Crippen LogP contribution < -0.4 is 9.64 Å². The summed E-state index contributed by atoms with van der Waals surface area (Å²) in [5.41, 5.74) is 2.16.